The summed E-state index contributed by atoms with van der Waals surface area (Å²) < 4.78 is 23.8. The largest absolute Gasteiger partial charge is 0.272 e. The highest BCUT2D eigenvalue weighted by Gasteiger charge is 2.40. The molecule has 1 aliphatic heterocycles. The van der Waals surface area contributed by atoms with E-state index in [1.807, 2.05) is 0 Å². The maximum absolute atomic E-state index is 12.1. The first-order valence-electron chi connectivity index (χ1n) is 5.71. The van der Waals surface area contributed by atoms with Crippen LogP contribution in [0.4, 0.5) is 0 Å². The van der Waals surface area contributed by atoms with Crippen LogP contribution in [0.25, 0.3) is 0 Å². The van der Waals surface area contributed by atoms with Gasteiger partial charge in [0.05, 0.1) is 17.4 Å². The number of hydrogen-bond donors (Lipinski definition) is 1. The zero-order valence-corrected chi connectivity index (χ0v) is 11.6. The molecule has 0 saturated carbocycles. The van der Waals surface area contributed by atoms with E-state index in [0.717, 1.165) is 11.2 Å². The molecule has 106 valence electrons. The van der Waals surface area contributed by atoms with Gasteiger partial charge in [-0.2, -0.15) is 0 Å². The fraction of sp³-hybridized carbons (Fsp3) is 0.250. The Kier molecular flexibility index (Phi) is 3.34. The Labute approximate surface area is 115 Å². The predicted octanol–water partition coefficient (Wildman–Crippen LogP) is -0.253. The van der Waals surface area contributed by atoms with Crippen LogP contribution in [0.1, 0.15) is 27.6 Å². The first-order valence-corrected chi connectivity index (χ1v) is 7.60. The number of nitrogens with one attached hydrogen (secondary N) is 1. The lowest BCUT2D eigenvalue weighted by Crippen LogP contribution is -2.49. The summed E-state index contributed by atoms with van der Waals surface area (Å²) in [5, 5.41) is 0. The van der Waals surface area contributed by atoms with Gasteiger partial charge in [-0.05, 0) is 19.1 Å². The zero-order chi connectivity index (χ0) is 15.1. The number of nitrogens with zero attached hydrogens (tertiary/aromatic N) is 1. The normalized spacial score (nSPS) is 16.0. The van der Waals surface area contributed by atoms with Gasteiger partial charge >= 0.3 is 0 Å². The second-order valence-corrected chi connectivity index (χ2v) is 6.19. The molecule has 0 unspecified atom stereocenters. The van der Waals surface area contributed by atoms with E-state index in [2.05, 4.69) is 0 Å². The number of rotatable bonds is 3. The molecule has 1 aliphatic rings. The van der Waals surface area contributed by atoms with Crippen molar-refractivity contribution in [1.29, 1.82) is 0 Å². The molecule has 1 N–H and O–H groups in total. The van der Waals surface area contributed by atoms with Gasteiger partial charge in [0.2, 0.25) is 10.0 Å². The highest BCUT2D eigenvalue weighted by molar-refractivity contribution is 7.89. The highest BCUT2D eigenvalue weighted by atomic mass is 32.2. The maximum Gasteiger partial charge on any atom is 0.262 e. The van der Waals surface area contributed by atoms with Gasteiger partial charge in [0.15, 0.2) is 0 Å². The Morgan fingerprint density at radius 2 is 1.60 bits per heavy atom. The third-order valence-electron chi connectivity index (χ3n) is 2.88. The number of sulfonamides is 1. The number of carbonyl (C=O) groups is 3. The number of carbonyl (C=O) groups excluding carboxylic acids is 3. The molecule has 1 atom stereocenters. The van der Waals surface area contributed by atoms with Crippen LogP contribution in [0.15, 0.2) is 24.3 Å². The van der Waals surface area contributed by atoms with Gasteiger partial charge in [-0.25, -0.2) is 8.42 Å². The summed E-state index contributed by atoms with van der Waals surface area (Å²) >= 11 is 0. The van der Waals surface area contributed by atoms with Crippen LogP contribution >= 0.6 is 0 Å². The number of hydrogen-bond acceptors (Lipinski definition) is 5. The van der Waals surface area contributed by atoms with E-state index in [9.17, 15) is 22.8 Å². The van der Waals surface area contributed by atoms with Crippen molar-refractivity contribution in [2.75, 3.05) is 6.26 Å². The SMILES string of the molecule is C[C@@H](C(=O)NS(C)(=O)=O)N1C(=O)c2ccccc2C1=O. The Hall–Kier alpha value is -2.22. The van der Waals surface area contributed by atoms with E-state index in [0.29, 0.717) is 0 Å². The number of amides is 3. The van der Waals surface area contributed by atoms with Gasteiger partial charge in [-0.3, -0.25) is 24.0 Å². The van der Waals surface area contributed by atoms with Gasteiger partial charge in [0, 0.05) is 0 Å². The average molecular weight is 296 g/mol. The molecule has 0 spiro atoms. The maximum atomic E-state index is 12.1. The van der Waals surface area contributed by atoms with Crippen LogP contribution in [0.5, 0.6) is 0 Å². The summed E-state index contributed by atoms with van der Waals surface area (Å²) in [4.78, 5) is 36.7. The van der Waals surface area contributed by atoms with Crippen molar-refractivity contribution in [2.24, 2.45) is 0 Å². The van der Waals surface area contributed by atoms with Crippen LogP contribution in [-0.4, -0.2) is 43.3 Å². The van der Waals surface area contributed by atoms with Gasteiger partial charge in [-0.1, -0.05) is 12.1 Å². The third kappa shape index (κ3) is 2.42. The monoisotopic (exact) mass is 296 g/mol. The molecule has 0 saturated heterocycles. The molecule has 3 amide bonds. The van der Waals surface area contributed by atoms with Crippen LogP contribution in [-0.2, 0) is 14.8 Å². The van der Waals surface area contributed by atoms with Gasteiger partial charge in [0.1, 0.15) is 6.04 Å². The molecular formula is C12H12N2O5S. The first kappa shape index (κ1) is 14.2. The second-order valence-electron chi connectivity index (χ2n) is 4.44. The van der Waals surface area contributed by atoms with Gasteiger partial charge in [0.25, 0.3) is 17.7 Å². The van der Waals surface area contributed by atoms with Crippen LogP contribution in [0.2, 0.25) is 0 Å². The summed E-state index contributed by atoms with van der Waals surface area (Å²) in [6, 6.07) is 4.97. The smallest absolute Gasteiger partial charge is 0.262 e. The van der Waals surface area contributed by atoms with Crippen LogP contribution < -0.4 is 4.72 Å². The molecule has 20 heavy (non-hydrogen) atoms. The van der Waals surface area contributed by atoms with Gasteiger partial charge < -0.3 is 0 Å². The molecule has 0 fully saturated rings. The molecular weight excluding hydrogens is 284 g/mol. The molecule has 7 nitrogen and oxygen atoms in total. The summed E-state index contributed by atoms with van der Waals surface area (Å²) in [6.07, 6.45) is 0.819. The van der Waals surface area contributed by atoms with Crippen molar-refractivity contribution in [3.8, 4) is 0 Å². The Morgan fingerprint density at radius 3 is 2.00 bits per heavy atom. The topological polar surface area (TPSA) is 101 Å². The fourth-order valence-corrected chi connectivity index (χ4v) is 2.48. The lowest BCUT2D eigenvalue weighted by Gasteiger charge is -2.21. The molecule has 2 rings (SSSR count). The highest BCUT2D eigenvalue weighted by Crippen LogP contribution is 2.24. The zero-order valence-electron chi connectivity index (χ0n) is 10.8. The van der Waals surface area contributed by atoms with Crippen molar-refractivity contribution >= 4 is 27.7 Å². The molecule has 1 aromatic carbocycles. The Bertz CT molecular complexity index is 675. The minimum absolute atomic E-state index is 0.205. The van der Waals surface area contributed by atoms with Crippen LogP contribution in [0, 0.1) is 0 Å². The average Bonchev–Trinajstić information content (AvgIpc) is 2.60. The summed E-state index contributed by atoms with van der Waals surface area (Å²) in [5.41, 5.74) is 0.410. The minimum atomic E-state index is -3.75. The number of benzene rings is 1. The quantitative estimate of drug-likeness (QED) is 0.775. The Morgan fingerprint density at radius 1 is 1.15 bits per heavy atom. The molecule has 0 radical (unpaired) electrons. The second kappa shape index (κ2) is 4.71. The lowest BCUT2D eigenvalue weighted by molar-refractivity contribution is -0.122. The van der Waals surface area contributed by atoms with Crippen LogP contribution in [0.3, 0.4) is 0 Å². The lowest BCUT2D eigenvalue weighted by atomic mass is 10.1. The summed E-state index contributed by atoms with van der Waals surface area (Å²) in [6.45, 7) is 1.29. The summed E-state index contributed by atoms with van der Waals surface area (Å²) in [5.74, 6) is -2.15. The van der Waals surface area contributed by atoms with E-state index in [-0.39, 0.29) is 11.1 Å². The molecule has 1 heterocycles. The molecule has 0 bridgehead atoms. The van der Waals surface area contributed by atoms with E-state index >= 15 is 0 Å². The fourth-order valence-electron chi connectivity index (χ4n) is 1.94. The van der Waals surface area contributed by atoms with Crippen molar-refractivity contribution in [2.45, 2.75) is 13.0 Å². The van der Waals surface area contributed by atoms with Gasteiger partial charge in [-0.15, -0.1) is 0 Å². The van der Waals surface area contributed by atoms with Crippen molar-refractivity contribution in [3.05, 3.63) is 35.4 Å². The van der Waals surface area contributed by atoms with E-state index in [1.165, 1.54) is 19.1 Å². The standard InChI is InChI=1S/C12H12N2O5S/c1-7(10(15)13-20(2,18)19)14-11(16)8-5-3-4-6-9(8)12(14)17/h3-7H,1-2H3,(H,13,15)/t7-/m0/s1. The summed E-state index contributed by atoms with van der Waals surface area (Å²) in [7, 11) is -3.75. The van der Waals surface area contributed by atoms with E-state index in [4.69, 9.17) is 0 Å². The molecule has 0 aliphatic carbocycles. The van der Waals surface area contributed by atoms with E-state index in [1.54, 1.807) is 16.9 Å². The molecule has 8 heteroatoms. The Balaban J connectivity index is 2.30. The predicted molar refractivity (Wildman–Crippen MR) is 69.4 cm³/mol. The van der Waals surface area contributed by atoms with E-state index < -0.39 is 33.8 Å². The minimum Gasteiger partial charge on any atom is -0.272 e. The van der Waals surface area contributed by atoms with Crippen molar-refractivity contribution in [1.82, 2.24) is 9.62 Å². The molecule has 1 aromatic rings. The number of fused-ring (bicyclic) bond motifs is 1. The van der Waals surface area contributed by atoms with Crippen molar-refractivity contribution in [3.63, 3.8) is 0 Å². The molecule has 0 aromatic heterocycles. The first-order chi connectivity index (χ1) is 9.22. The van der Waals surface area contributed by atoms with Crippen molar-refractivity contribution < 1.29 is 22.8 Å². The number of imide groups is 1. The third-order valence-corrected chi connectivity index (χ3v) is 3.45.